The molecule has 126 valence electrons. The number of ether oxygens (including phenoxy) is 1. The SMILES string of the molecule is COc1cc([C@H](C)N[C@H](C)Cc2c(C)noc2C)ccc1SC. The van der Waals surface area contributed by atoms with E-state index in [4.69, 9.17) is 9.26 Å². The molecule has 0 aliphatic carbocycles. The number of nitrogens with zero attached hydrogens (tertiary/aromatic N) is 1. The molecule has 1 aromatic carbocycles. The lowest BCUT2D eigenvalue weighted by Crippen LogP contribution is -2.31. The van der Waals surface area contributed by atoms with E-state index in [9.17, 15) is 0 Å². The van der Waals surface area contributed by atoms with Gasteiger partial charge in [-0.25, -0.2) is 0 Å². The second-order valence-corrected chi connectivity index (χ2v) is 6.76. The molecule has 0 unspecified atom stereocenters. The van der Waals surface area contributed by atoms with E-state index in [1.54, 1.807) is 18.9 Å². The smallest absolute Gasteiger partial charge is 0.137 e. The molecule has 1 heterocycles. The van der Waals surface area contributed by atoms with Crippen LogP contribution in [0.4, 0.5) is 0 Å². The predicted octanol–water partition coefficient (Wildman–Crippen LogP) is 4.30. The van der Waals surface area contributed by atoms with Crippen molar-refractivity contribution in [2.75, 3.05) is 13.4 Å². The van der Waals surface area contributed by atoms with E-state index in [-0.39, 0.29) is 6.04 Å². The van der Waals surface area contributed by atoms with Crippen molar-refractivity contribution in [1.82, 2.24) is 10.5 Å². The highest BCUT2D eigenvalue weighted by Gasteiger charge is 2.16. The van der Waals surface area contributed by atoms with E-state index >= 15 is 0 Å². The Labute approximate surface area is 143 Å². The number of nitrogens with one attached hydrogen (secondary N) is 1. The highest BCUT2D eigenvalue weighted by molar-refractivity contribution is 7.98. The minimum absolute atomic E-state index is 0.246. The number of hydrogen-bond donors (Lipinski definition) is 1. The molecule has 1 N–H and O–H groups in total. The first kappa shape index (κ1) is 17.9. The zero-order valence-corrected chi connectivity index (χ0v) is 15.6. The van der Waals surface area contributed by atoms with Crippen molar-refractivity contribution >= 4 is 11.8 Å². The highest BCUT2D eigenvalue weighted by Crippen LogP contribution is 2.30. The molecule has 0 saturated heterocycles. The first-order valence-electron chi connectivity index (χ1n) is 7.86. The van der Waals surface area contributed by atoms with E-state index in [0.29, 0.717) is 6.04 Å². The van der Waals surface area contributed by atoms with Crippen LogP contribution in [0, 0.1) is 13.8 Å². The third-order valence-corrected chi connectivity index (χ3v) is 4.91. The minimum Gasteiger partial charge on any atom is -0.496 e. The third kappa shape index (κ3) is 4.30. The van der Waals surface area contributed by atoms with Gasteiger partial charge in [0.15, 0.2) is 0 Å². The van der Waals surface area contributed by atoms with Gasteiger partial charge in [0.25, 0.3) is 0 Å². The van der Waals surface area contributed by atoms with Gasteiger partial charge in [0, 0.05) is 22.5 Å². The van der Waals surface area contributed by atoms with Crippen molar-refractivity contribution in [3.63, 3.8) is 0 Å². The van der Waals surface area contributed by atoms with Crippen LogP contribution in [0.15, 0.2) is 27.6 Å². The van der Waals surface area contributed by atoms with Crippen LogP contribution in [0.2, 0.25) is 0 Å². The molecule has 0 bridgehead atoms. The van der Waals surface area contributed by atoms with Crippen molar-refractivity contribution in [3.8, 4) is 5.75 Å². The van der Waals surface area contributed by atoms with E-state index < -0.39 is 0 Å². The van der Waals surface area contributed by atoms with Crippen LogP contribution in [0.3, 0.4) is 0 Å². The summed E-state index contributed by atoms with van der Waals surface area (Å²) in [4.78, 5) is 1.16. The molecule has 2 aromatic rings. The number of thioether (sulfide) groups is 1. The Kier molecular flexibility index (Phi) is 6.13. The zero-order valence-electron chi connectivity index (χ0n) is 14.8. The van der Waals surface area contributed by atoms with Crippen LogP contribution in [0.1, 0.15) is 42.5 Å². The largest absolute Gasteiger partial charge is 0.496 e. The number of benzene rings is 1. The van der Waals surface area contributed by atoms with Gasteiger partial charge in [0.05, 0.1) is 12.8 Å². The number of aromatic nitrogens is 1. The molecule has 2 atom stereocenters. The molecule has 4 nitrogen and oxygen atoms in total. The van der Waals surface area contributed by atoms with Crippen molar-refractivity contribution in [3.05, 3.63) is 40.8 Å². The van der Waals surface area contributed by atoms with Crippen molar-refractivity contribution in [2.24, 2.45) is 0 Å². The Hall–Kier alpha value is -1.46. The Morgan fingerprint density at radius 2 is 2.04 bits per heavy atom. The number of hydrogen-bond acceptors (Lipinski definition) is 5. The molecule has 0 aliphatic rings. The number of rotatable bonds is 7. The van der Waals surface area contributed by atoms with Gasteiger partial charge in [-0.3, -0.25) is 0 Å². The molecular weight excluding hydrogens is 308 g/mol. The van der Waals surface area contributed by atoms with Crippen molar-refractivity contribution in [1.29, 1.82) is 0 Å². The summed E-state index contributed by atoms with van der Waals surface area (Å²) < 4.78 is 10.7. The Balaban J connectivity index is 2.05. The predicted molar refractivity (Wildman–Crippen MR) is 95.5 cm³/mol. The van der Waals surface area contributed by atoms with Gasteiger partial charge < -0.3 is 14.6 Å². The van der Waals surface area contributed by atoms with Crippen LogP contribution in [0.25, 0.3) is 0 Å². The van der Waals surface area contributed by atoms with E-state index in [1.165, 1.54) is 11.1 Å². The highest BCUT2D eigenvalue weighted by atomic mass is 32.2. The lowest BCUT2D eigenvalue weighted by molar-refractivity contribution is 0.391. The fourth-order valence-corrected chi connectivity index (χ4v) is 3.35. The lowest BCUT2D eigenvalue weighted by atomic mass is 10.0. The molecule has 23 heavy (non-hydrogen) atoms. The van der Waals surface area contributed by atoms with Gasteiger partial charge in [-0.2, -0.15) is 0 Å². The van der Waals surface area contributed by atoms with E-state index in [0.717, 1.165) is 28.5 Å². The Morgan fingerprint density at radius 3 is 2.61 bits per heavy atom. The second-order valence-electron chi connectivity index (χ2n) is 5.91. The molecule has 0 amide bonds. The molecule has 1 aromatic heterocycles. The summed E-state index contributed by atoms with van der Waals surface area (Å²) in [6.07, 6.45) is 2.97. The molecule has 0 spiro atoms. The van der Waals surface area contributed by atoms with Crippen molar-refractivity contribution < 1.29 is 9.26 Å². The summed E-state index contributed by atoms with van der Waals surface area (Å²) in [5, 5.41) is 7.67. The standard InChI is InChI=1S/C18H26N2O2S/c1-11(9-16-13(3)20-22-14(16)4)19-12(2)15-7-8-18(23-6)17(10-15)21-5/h7-8,10-12,19H,9H2,1-6H3/t11-,12+/m1/s1. The normalized spacial score (nSPS) is 13.8. The van der Waals surface area contributed by atoms with Gasteiger partial charge in [-0.05, 0) is 58.1 Å². The molecule has 0 aliphatic heterocycles. The van der Waals surface area contributed by atoms with Gasteiger partial charge in [-0.15, -0.1) is 11.8 Å². The van der Waals surface area contributed by atoms with Gasteiger partial charge in [-0.1, -0.05) is 11.2 Å². The number of aryl methyl sites for hydroxylation is 2. The summed E-state index contributed by atoms with van der Waals surface area (Å²) in [6.45, 7) is 8.33. The molecular formula is C18H26N2O2S. The molecule has 0 radical (unpaired) electrons. The van der Waals surface area contributed by atoms with Crippen LogP contribution >= 0.6 is 11.8 Å². The molecule has 2 rings (SSSR count). The summed E-state index contributed by atoms with van der Waals surface area (Å²) in [7, 11) is 1.72. The second kappa shape index (κ2) is 7.88. The summed E-state index contributed by atoms with van der Waals surface area (Å²) >= 11 is 1.70. The summed E-state index contributed by atoms with van der Waals surface area (Å²) in [6, 6.07) is 6.97. The monoisotopic (exact) mass is 334 g/mol. The first-order chi connectivity index (χ1) is 11.0. The first-order valence-corrected chi connectivity index (χ1v) is 9.08. The Bertz CT molecular complexity index is 635. The third-order valence-electron chi connectivity index (χ3n) is 4.13. The quantitative estimate of drug-likeness (QED) is 0.765. The van der Waals surface area contributed by atoms with Crippen LogP contribution in [-0.4, -0.2) is 24.6 Å². The fraction of sp³-hybridized carbons (Fsp3) is 0.500. The topological polar surface area (TPSA) is 47.3 Å². The van der Waals surface area contributed by atoms with Gasteiger partial charge in [0.1, 0.15) is 11.5 Å². The summed E-state index contributed by atoms with van der Waals surface area (Å²) in [5.41, 5.74) is 3.41. The molecule has 5 heteroatoms. The average molecular weight is 334 g/mol. The maximum Gasteiger partial charge on any atom is 0.137 e. The maximum absolute atomic E-state index is 5.48. The van der Waals surface area contributed by atoms with Crippen LogP contribution in [-0.2, 0) is 6.42 Å². The van der Waals surface area contributed by atoms with E-state index in [2.05, 4.69) is 48.8 Å². The van der Waals surface area contributed by atoms with Gasteiger partial charge >= 0.3 is 0 Å². The minimum atomic E-state index is 0.246. The zero-order chi connectivity index (χ0) is 17.0. The molecule has 0 fully saturated rings. The number of methoxy groups -OCH3 is 1. The van der Waals surface area contributed by atoms with Crippen LogP contribution < -0.4 is 10.1 Å². The maximum atomic E-state index is 5.48. The van der Waals surface area contributed by atoms with Gasteiger partial charge in [0.2, 0.25) is 0 Å². The van der Waals surface area contributed by atoms with Crippen molar-refractivity contribution in [2.45, 2.75) is 51.1 Å². The molecule has 0 saturated carbocycles. The Morgan fingerprint density at radius 1 is 1.30 bits per heavy atom. The van der Waals surface area contributed by atoms with Crippen LogP contribution in [0.5, 0.6) is 5.75 Å². The average Bonchev–Trinajstić information content (AvgIpc) is 2.85. The van der Waals surface area contributed by atoms with E-state index in [1.807, 2.05) is 13.8 Å². The fourth-order valence-electron chi connectivity index (χ4n) is 2.80. The lowest BCUT2D eigenvalue weighted by Gasteiger charge is -2.21. The summed E-state index contributed by atoms with van der Waals surface area (Å²) in [5.74, 6) is 1.84.